The summed E-state index contributed by atoms with van der Waals surface area (Å²) < 4.78 is 46.1. The summed E-state index contributed by atoms with van der Waals surface area (Å²) in [4.78, 5) is 11.2. The first kappa shape index (κ1) is 19.6. The van der Waals surface area contributed by atoms with E-state index in [2.05, 4.69) is 0 Å². The van der Waals surface area contributed by atoms with Crippen molar-refractivity contribution in [3.8, 4) is 5.75 Å². The van der Waals surface area contributed by atoms with Crippen molar-refractivity contribution in [1.82, 2.24) is 0 Å². The lowest BCUT2D eigenvalue weighted by atomic mass is 9.79. The standard InChI is InChI=1S/C19H25F3O3/c1-13(2)18(10-6-4-3-5-7-11-18)25-16-12-14(17(23)24)8-9-15(16)19(20,21)22/h8-9,12-13H,3-7,10-11H2,1-2H3,(H,23,24). The summed E-state index contributed by atoms with van der Waals surface area (Å²) in [5.41, 5.74) is -1.82. The fraction of sp³-hybridized carbons (Fsp3) is 0.632. The Balaban J connectivity index is 2.46. The van der Waals surface area contributed by atoms with Crippen molar-refractivity contribution in [2.75, 3.05) is 0 Å². The Kier molecular flexibility index (Phi) is 6.01. The van der Waals surface area contributed by atoms with Crippen molar-refractivity contribution in [3.63, 3.8) is 0 Å². The summed E-state index contributed by atoms with van der Waals surface area (Å²) in [5, 5.41) is 9.13. The maximum atomic E-state index is 13.4. The predicted octanol–water partition coefficient (Wildman–Crippen LogP) is 5.92. The van der Waals surface area contributed by atoms with E-state index in [1.54, 1.807) is 0 Å². The first-order chi connectivity index (χ1) is 11.7. The molecule has 1 aromatic carbocycles. The molecule has 25 heavy (non-hydrogen) atoms. The van der Waals surface area contributed by atoms with Crippen LogP contribution in [-0.2, 0) is 6.18 Å². The third-order valence-corrected chi connectivity index (χ3v) is 5.10. The molecule has 6 heteroatoms. The van der Waals surface area contributed by atoms with Crippen LogP contribution in [0.3, 0.4) is 0 Å². The van der Waals surface area contributed by atoms with Crippen LogP contribution in [0.1, 0.15) is 74.7 Å². The molecule has 0 aliphatic heterocycles. The minimum Gasteiger partial charge on any atom is -0.486 e. The van der Waals surface area contributed by atoms with E-state index < -0.39 is 23.3 Å². The molecule has 1 aromatic rings. The number of carbonyl (C=O) groups is 1. The van der Waals surface area contributed by atoms with Crippen molar-refractivity contribution < 1.29 is 27.8 Å². The van der Waals surface area contributed by atoms with Crippen LogP contribution < -0.4 is 4.74 Å². The minimum absolute atomic E-state index is 0.0279. The number of alkyl halides is 3. The molecule has 0 aromatic heterocycles. The van der Waals surface area contributed by atoms with Gasteiger partial charge in [0, 0.05) is 0 Å². The number of carboxylic acid groups (broad SMARTS) is 1. The topological polar surface area (TPSA) is 46.5 Å². The summed E-state index contributed by atoms with van der Waals surface area (Å²) in [6, 6.07) is 2.78. The fourth-order valence-corrected chi connectivity index (χ4v) is 3.49. The number of hydrogen-bond acceptors (Lipinski definition) is 2. The van der Waals surface area contributed by atoms with E-state index in [1.165, 1.54) is 0 Å². The number of ether oxygens (including phenoxy) is 1. The predicted molar refractivity (Wildman–Crippen MR) is 88.9 cm³/mol. The molecule has 1 N–H and O–H groups in total. The number of rotatable bonds is 4. The molecule has 1 fully saturated rings. The van der Waals surface area contributed by atoms with Crippen LogP contribution in [-0.4, -0.2) is 16.7 Å². The number of carboxylic acids is 1. The zero-order valence-electron chi connectivity index (χ0n) is 14.7. The summed E-state index contributed by atoms with van der Waals surface area (Å²) in [6.07, 6.45) is 1.79. The Bertz CT molecular complexity index is 600. The number of hydrogen-bond donors (Lipinski definition) is 1. The van der Waals surface area contributed by atoms with Crippen molar-refractivity contribution in [3.05, 3.63) is 29.3 Å². The second-order valence-electron chi connectivity index (χ2n) is 7.10. The van der Waals surface area contributed by atoms with Gasteiger partial charge in [0.05, 0.1) is 11.1 Å². The monoisotopic (exact) mass is 358 g/mol. The second kappa shape index (κ2) is 7.67. The van der Waals surface area contributed by atoms with Gasteiger partial charge < -0.3 is 9.84 Å². The zero-order valence-corrected chi connectivity index (χ0v) is 14.7. The molecule has 0 unspecified atom stereocenters. The molecule has 0 heterocycles. The van der Waals surface area contributed by atoms with Gasteiger partial charge in [0.15, 0.2) is 0 Å². The van der Waals surface area contributed by atoms with E-state index in [-0.39, 0.29) is 17.2 Å². The molecule has 0 bridgehead atoms. The van der Waals surface area contributed by atoms with E-state index >= 15 is 0 Å². The van der Waals surface area contributed by atoms with Crippen molar-refractivity contribution in [1.29, 1.82) is 0 Å². The molecule has 0 amide bonds. The normalized spacial score (nSPS) is 18.5. The van der Waals surface area contributed by atoms with E-state index in [0.717, 1.165) is 50.3 Å². The van der Waals surface area contributed by atoms with Gasteiger partial charge in [-0.1, -0.05) is 33.1 Å². The maximum absolute atomic E-state index is 13.4. The molecule has 1 aliphatic carbocycles. The van der Waals surface area contributed by atoms with Gasteiger partial charge in [0.25, 0.3) is 0 Å². The van der Waals surface area contributed by atoms with Gasteiger partial charge in [-0.3, -0.25) is 0 Å². The first-order valence-electron chi connectivity index (χ1n) is 8.79. The average molecular weight is 358 g/mol. The van der Waals surface area contributed by atoms with E-state index in [9.17, 15) is 18.0 Å². The van der Waals surface area contributed by atoms with Crippen LogP contribution >= 0.6 is 0 Å². The lowest BCUT2D eigenvalue weighted by molar-refractivity contribution is -0.140. The quantitative estimate of drug-likeness (QED) is 0.726. The molecule has 0 atom stereocenters. The molecule has 0 saturated heterocycles. The highest BCUT2D eigenvalue weighted by molar-refractivity contribution is 5.88. The van der Waals surface area contributed by atoms with Gasteiger partial charge in [-0.15, -0.1) is 0 Å². The molecular weight excluding hydrogens is 333 g/mol. The van der Waals surface area contributed by atoms with Gasteiger partial charge >= 0.3 is 12.1 Å². The molecular formula is C19H25F3O3. The summed E-state index contributed by atoms with van der Waals surface area (Å²) in [5.74, 6) is -1.61. The van der Waals surface area contributed by atoms with Gasteiger partial charge in [0.2, 0.25) is 0 Å². The Morgan fingerprint density at radius 1 is 1.12 bits per heavy atom. The maximum Gasteiger partial charge on any atom is 0.419 e. The highest BCUT2D eigenvalue weighted by atomic mass is 19.4. The second-order valence-corrected chi connectivity index (χ2v) is 7.10. The van der Waals surface area contributed by atoms with Gasteiger partial charge in [-0.25, -0.2) is 4.79 Å². The summed E-state index contributed by atoms with van der Waals surface area (Å²) >= 11 is 0. The highest BCUT2D eigenvalue weighted by Crippen LogP contribution is 2.42. The molecule has 1 saturated carbocycles. The third kappa shape index (κ3) is 4.67. The van der Waals surface area contributed by atoms with Crippen molar-refractivity contribution in [2.45, 2.75) is 70.6 Å². The Morgan fingerprint density at radius 2 is 1.68 bits per heavy atom. The average Bonchev–Trinajstić information content (AvgIpc) is 2.48. The van der Waals surface area contributed by atoms with Gasteiger partial charge in [-0.05, 0) is 49.8 Å². The Hall–Kier alpha value is -1.72. The van der Waals surface area contributed by atoms with E-state index in [4.69, 9.17) is 9.84 Å². The van der Waals surface area contributed by atoms with Crippen molar-refractivity contribution >= 4 is 5.97 Å². The molecule has 0 spiro atoms. The Morgan fingerprint density at radius 3 is 2.16 bits per heavy atom. The van der Waals surface area contributed by atoms with Gasteiger partial charge in [0.1, 0.15) is 11.4 Å². The molecule has 1 aliphatic rings. The van der Waals surface area contributed by atoms with Gasteiger partial charge in [-0.2, -0.15) is 13.2 Å². The minimum atomic E-state index is -4.59. The van der Waals surface area contributed by atoms with Crippen LogP contribution in [0.4, 0.5) is 13.2 Å². The smallest absolute Gasteiger partial charge is 0.419 e. The highest BCUT2D eigenvalue weighted by Gasteiger charge is 2.40. The van der Waals surface area contributed by atoms with Crippen LogP contribution in [0, 0.1) is 5.92 Å². The van der Waals surface area contributed by atoms with Crippen LogP contribution in [0.25, 0.3) is 0 Å². The van der Waals surface area contributed by atoms with Crippen LogP contribution in [0.5, 0.6) is 5.75 Å². The molecule has 0 radical (unpaired) electrons. The van der Waals surface area contributed by atoms with E-state index in [0.29, 0.717) is 12.8 Å². The summed E-state index contributed by atoms with van der Waals surface area (Å²) in [6.45, 7) is 3.91. The van der Waals surface area contributed by atoms with Crippen molar-refractivity contribution in [2.24, 2.45) is 5.92 Å². The number of aromatic carboxylic acids is 1. The molecule has 2 rings (SSSR count). The lowest BCUT2D eigenvalue weighted by Crippen LogP contribution is -2.42. The fourth-order valence-electron chi connectivity index (χ4n) is 3.49. The number of benzene rings is 1. The largest absolute Gasteiger partial charge is 0.486 e. The first-order valence-corrected chi connectivity index (χ1v) is 8.79. The summed E-state index contributed by atoms with van der Waals surface area (Å²) in [7, 11) is 0. The van der Waals surface area contributed by atoms with Crippen LogP contribution in [0.15, 0.2) is 18.2 Å². The van der Waals surface area contributed by atoms with E-state index in [1.807, 2.05) is 13.8 Å². The van der Waals surface area contributed by atoms with Crippen LogP contribution in [0.2, 0.25) is 0 Å². The lowest BCUT2D eigenvalue weighted by Gasteiger charge is -2.40. The zero-order chi connectivity index (χ0) is 18.7. The Labute approximate surface area is 146 Å². The molecule has 140 valence electrons. The SMILES string of the molecule is CC(C)C1(Oc2cc(C(=O)O)ccc2C(F)(F)F)CCCCCCC1. The number of halogens is 3. The molecule has 3 nitrogen and oxygen atoms in total. The third-order valence-electron chi connectivity index (χ3n) is 5.10.